The molecule has 0 N–H and O–H groups in total. The van der Waals surface area contributed by atoms with Crippen LogP contribution in [0.15, 0.2) is 115 Å². The van der Waals surface area contributed by atoms with Crippen molar-refractivity contribution in [2.75, 3.05) is 13.2 Å². The van der Waals surface area contributed by atoms with Gasteiger partial charge in [0.2, 0.25) is 0 Å². The van der Waals surface area contributed by atoms with Crippen LogP contribution in [0, 0.1) is 0 Å². The van der Waals surface area contributed by atoms with E-state index in [2.05, 4.69) is 134 Å². The average Bonchev–Trinajstić information content (AvgIpc) is 3.57. The highest BCUT2D eigenvalue weighted by molar-refractivity contribution is 9.08. The fraction of sp³-hybridized carbons (Fsp3) is 0.231. The zero-order valence-electron chi connectivity index (χ0n) is 24.9. The maximum Gasteiger partial charge on any atom is 0.123 e. The molecule has 0 bridgehead atoms. The summed E-state index contributed by atoms with van der Waals surface area (Å²) >= 11 is 3.62. The lowest BCUT2D eigenvalue weighted by Crippen LogP contribution is -2.04. The average molecular weight is 646 g/mol. The lowest BCUT2D eigenvalue weighted by molar-refractivity contribution is 0.289. The SMILES string of the molecule is BrCc1cc(OCCCCn2c3ccccc3c3ccccc32)cc(OCCCCn2c3ccccc3c3ccccc32)c1. The normalized spacial score (nSPS) is 11.7. The van der Waals surface area contributed by atoms with Crippen LogP contribution in [0.25, 0.3) is 43.6 Å². The fourth-order valence-electron chi connectivity index (χ4n) is 6.49. The highest BCUT2D eigenvalue weighted by Crippen LogP contribution is 2.31. The molecule has 0 atom stereocenters. The van der Waals surface area contributed by atoms with E-state index in [9.17, 15) is 0 Å². The highest BCUT2D eigenvalue weighted by Gasteiger charge is 2.11. The zero-order chi connectivity index (χ0) is 29.7. The minimum absolute atomic E-state index is 0.682. The number of para-hydroxylation sites is 4. The number of fused-ring (bicyclic) bond motifs is 6. The van der Waals surface area contributed by atoms with Crippen LogP contribution < -0.4 is 9.47 Å². The van der Waals surface area contributed by atoms with Gasteiger partial charge in [-0.15, -0.1) is 0 Å². The molecule has 2 aromatic heterocycles. The minimum atomic E-state index is 0.682. The van der Waals surface area contributed by atoms with Gasteiger partial charge < -0.3 is 18.6 Å². The number of hydrogen-bond acceptors (Lipinski definition) is 2. The van der Waals surface area contributed by atoms with Crippen LogP contribution in [0.2, 0.25) is 0 Å². The van der Waals surface area contributed by atoms with Gasteiger partial charge in [-0.2, -0.15) is 0 Å². The molecule has 7 aromatic rings. The van der Waals surface area contributed by atoms with Crippen LogP contribution in [0.4, 0.5) is 0 Å². The fourth-order valence-corrected chi connectivity index (χ4v) is 6.81. The van der Waals surface area contributed by atoms with Gasteiger partial charge in [0.15, 0.2) is 0 Å². The second kappa shape index (κ2) is 13.2. The summed E-state index contributed by atoms with van der Waals surface area (Å²) in [5.74, 6) is 1.75. The summed E-state index contributed by atoms with van der Waals surface area (Å²) in [6, 6.07) is 41.0. The maximum atomic E-state index is 6.23. The molecule has 0 saturated heterocycles. The van der Waals surface area contributed by atoms with E-state index in [4.69, 9.17) is 9.47 Å². The van der Waals surface area contributed by atoms with Crippen molar-refractivity contribution in [2.45, 2.75) is 44.1 Å². The molecule has 5 heteroatoms. The second-order valence-corrected chi connectivity index (χ2v) is 12.0. The molecule has 0 radical (unpaired) electrons. The first-order chi connectivity index (χ1) is 21.8. The van der Waals surface area contributed by atoms with Gasteiger partial charge >= 0.3 is 0 Å². The topological polar surface area (TPSA) is 28.3 Å². The summed E-state index contributed by atoms with van der Waals surface area (Å²) in [6.45, 7) is 3.31. The molecule has 7 rings (SSSR count). The third-order valence-corrected chi connectivity index (χ3v) is 9.19. The summed E-state index contributed by atoms with van der Waals surface area (Å²) in [6.07, 6.45) is 4.07. The second-order valence-electron chi connectivity index (χ2n) is 11.4. The van der Waals surface area contributed by atoms with Gasteiger partial charge in [-0.1, -0.05) is 88.7 Å². The first-order valence-electron chi connectivity index (χ1n) is 15.7. The summed E-state index contributed by atoms with van der Waals surface area (Å²) in [7, 11) is 0. The van der Waals surface area contributed by atoms with Crippen LogP contribution >= 0.6 is 15.9 Å². The van der Waals surface area contributed by atoms with E-state index < -0.39 is 0 Å². The molecule has 44 heavy (non-hydrogen) atoms. The van der Waals surface area contributed by atoms with E-state index in [1.165, 1.54) is 43.6 Å². The number of aryl methyl sites for hydroxylation is 2. The van der Waals surface area contributed by atoms with Crippen LogP contribution in [0.3, 0.4) is 0 Å². The Hall–Kier alpha value is -4.22. The zero-order valence-corrected chi connectivity index (χ0v) is 26.5. The molecule has 5 aromatic carbocycles. The molecule has 0 amide bonds. The van der Waals surface area contributed by atoms with Gasteiger partial charge in [0, 0.05) is 68.1 Å². The molecule has 0 saturated carbocycles. The summed E-state index contributed by atoms with van der Waals surface area (Å²) in [4.78, 5) is 0. The molecule has 2 heterocycles. The standard InChI is InChI=1S/C39H37BrN2O2/c40-28-29-25-30(43-23-11-9-21-41-36-17-5-1-13-32(36)33-14-2-6-18-37(33)41)27-31(26-29)44-24-12-10-22-42-38-19-7-3-15-34(38)35-16-4-8-20-39(35)42/h1-8,13-20,25-27H,9-12,21-24,28H2. The predicted molar refractivity (Wildman–Crippen MR) is 187 cm³/mol. The Kier molecular flexibility index (Phi) is 8.56. The van der Waals surface area contributed by atoms with Crippen molar-refractivity contribution in [3.63, 3.8) is 0 Å². The number of halogens is 1. The molecule has 0 spiro atoms. The Labute approximate surface area is 266 Å². The number of rotatable bonds is 13. The largest absolute Gasteiger partial charge is 0.493 e. The van der Waals surface area contributed by atoms with Gasteiger partial charge in [0.05, 0.1) is 13.2 Å². The van der Waals surface area contributed by atoms with E-state index >= 15 is 0 Å². The molecule has 0 aliphatic rings. The van der Waals surface area contributed by atoms with Gasteiger partial charge in [0.1, 0.15) is 11.5 Å². The van der Waals surface area contributed by atoms with E-state index in [1.54, 1.807) is 0 Å². The first kappa shape index (κ1) is 28.5. The summed E-state index contributed by atoms with van der Waals surface area (Å²) in [5.41, 5.74) is 6.37. The lowest BCUT2D eigenvalue weighted by atomic mass is 10.2. The molecular weight excluding hydrogens is 608 g/mol. The number of unbranched alkanes of at least 4 members (excludes halogenated alkanes) is 2. The Balaban J connectivity index is 0.919. The molecule has 222 valence electrons. The number of alkyl halides is 1. The third kappa shape index (κ3) is 5.81. The number of ether oxygens (including phenoxy) is 2. The van der Waals surface area contributed by atoms with E-state index in [-0.39, 0.29) is 0 Å². The van der Waals surface area contributed by atoms with E-state index in [0.29, 0.717) is 13.2 Å². The molecular formula is C39H37BrN2O2. The smallest absolute Gasteiger partial charge is 0.123 e. The molecule has 0 aliphatic heterocycles. The lowest BCUT2D eigenvalue weighted by Gasteiger charge is -2.13. The summed E-state index contributed by atoms with van der Waals surface area (Å²) < 4.78 is 17.4. The minimum Gasteiger partial charge on any atom is -0.493 e. The van der Waals surface area contributed by atoms with Crippen molar-refractivity contribution >= 4 is 59.5 Å². The van der Waals surface area contributed by atoms with Crippen LogP contribution in [0.1, 0.15) is 31.2 Å². The number of hydrogen-bond donors (Lipinski definition) is 0. The van der Waals surface area contributed by atoms with Crippen LogP contribution in [0.5, 0.6) is 11.5 Å². The quantitative estimate of drug-likeness (QED) is 0.0922. The number of aromatic nitrogens is 2. The van der Waals surface area contributed by atoms with Gasteiger partial charge in [0.25, 0.3) is 0 Å². The van der Waals surface area contributed by atoms with Gasteiger partial charge in [-0.05, 0) is 67.6 Å². The number of benzene rings is 5. The van der Waals surface area contributed by atoms with Crippen molar-refractivity contribution in [1.29, 1.82) is 0 Å². The molecule has 4 nitrogen and oxygen atoms in total. The van der Waals surface area contributed by atoms with E-state index in [1.807, 2.05) is 6.07 Å². The highest BCUT2D eigenvalue weighted by atomic mass is 79.9. The Bertz CT molecular complexity index is 1790. The van der Waals surface area contributed by atoms with Crippen molar-refractivity contribution in [1.82, 2.24) is 9.13 Å². The maximum absolute atomic E-state index is 6.23. The Morgan fingerprint density at radius 2 is 0.818 bits per heavy atom. The van der Waals surface area contributed by atoms with Crippen molar-refractivity contribution in [3.8, 4) is 11.5 Å². The first-order valence-corrected chi connectivity index (χ1v) is 16.8. The monoisotopic (exact) mass is 644 g/mol. The van der Waals surface area contributed by atoms with Crippen LogP contribution in [-0.2, 0) is 18.4 Å². The third-order valence-electron chi connectivity index (χ3n) is 8.54. The molecule has 0 unspecified atom stereocenters. The van der Waals surface area contributed by atoms with Gasteiger partial charge in [-0.25, -0.2) is 0 Å². The Morgan fingerprint density at radius 3 is 1.18 bits per heavy atom. The Morgan fingerprint density at radius 1 is 0.455 bits per heavy atom. The van der Waals surface area contributed by atoms with Gasteiger partial charge in [-0.3, -0.25) is 0 Å². The molecule has 0 aliphatic carbocycles. The van der Waals surface area contributed by atoms with E-state index in [0.717, 1.165) is 61.2 Å². The summed E-state index contributed by atoms with van der Waals surface area (Å²) in [5, 5.41) is 6.06. The number of nitrogens with zero attached hydrogens (tertiary/aromatic N) is 2. The van der Waals surface area contributed by atoms with Crippen LogP contribution in [-0.4, -0.2) is 22.3 Å². The van der Waals surface area contributed by atoms with Crippen molar-refractivity contribution in [3.05, 3.63) is 121 Å². The molecule has 0 fully saturated rings. The predicted octanol–water partition coefficient (Wildman–Crippen LogP) is 10.5. The van der Waals surface area contributed by atoms with Crippen molar-refractivity contribution < 1.29 is 9.47 Å². The van der Waals surface area contributed by atoms with Crippen molar-refractivity contribution in [2.24, 2.45) is 0 Å².